The summed E-state index contributed by atoms with van der Waals surface area (Å²) in [6.45, 7) is 1.39. The molecule has 0 aliphatic carbocycles. The van der Waals surface area contributed by atoms with Crippen molar-refractivity contribution in [1.29, 1.82) is 0 Å². The number of carbonyl (C=O) groups excluding carboxylic acids is 1. The van der Waals surface area contributed by atoms with Gasteiger partial charge in [-0.1, -0.05) is 0 Å². The van der Waals surface area contributed by atoms with Crippen LogP contribution in [-0.4, -0.2) is 50.7 Å². The zero-order valence-electron chi connectivity index (χ0n) is 15.6. The summed E-state index contributed by atoms with van der Waals surface area (Å²) in [7, 11) is 1.36. The van der Waals surface area contributed by atoms with E-state index in [0.717, 1.165) is 22.5 Å². The predicted molar refractivity (Wildman–Crippen MR) is 105 cm³/mol. The molecule has 0 saturated carbocycles. The SMILES string of the molecule is COC(=O)c1ccc(Nc2nc3c(-c4cnn(C5COC5)c4)cccn3n2)cc1. The largest absolute Gasteiger partial charge is 0.465 e. The van der Waals surface area contributed by atoms with E-state index in [0.29, 0.717) is 30.8 Å². The third-order valence-corrected chi connectivity index (χ3v) is 4.83. The Morgan fingerprint density at radius 2 is 2.07 bits per heavy atom. The van der Waals surface area contributed by atoms with Gasteiger partial charge >= 0.3 is 5.97 Å². The van der Waals surface area contributed by atoms with Gasteiger partial charge in [-0.3, -0.25) is 4.68 Å². The van der Waals surface area contributed by atoms with Crippen LogP contribution in [0.2, 0.25) is 0 Å². The molecule has 0 bridgehead atoms. The Hall–Kier alpha value is -3.72. The van der Waals surface area contributed by atoms with Crippen LogP contribution >= 0.6 is 0 Å². The molecule has 1 aliphatic rings. The maximum absolute atomic E-state index is 11.6. The maximum atomic E-state index is 11.6. The van der Waals surface area contributed by atoms with E-state index in [-0.39, 0.29) is 5.97 Å². The molecule has 0 radical (unpaired) electrons. The van der Waals surface area contributed by atoms with Gasteiger partial charge in [-0.2, -0.15) is 10.1 Å². The number of nitrogens with one attached hydrogen (secondary N) is 1. The van der Waals surface area contributed by atoms with Crippen LogP contribution in [0.25, 0.3) is 16.8 Å². The highest BCUT2D eigenvalue weighted by Gasteiger charge is 2.22. The molecule has 9 nitrogen and oxygen atoms in total. The second kappa shape index (κ2) is 7.02. The van der Waals surface area contributed by atoms with Gasteiger partial charge in [0, 0.05) is 29.2 Å². The van der Waals surface area contributed by atoms with Crippen LogP contribution in [0.1, 0.15) is 16.4 Å². The molecule has 9 heteroatoms. The summed E-state index contributed by atoms with van der Waals surface area (Å²) in [5.41, 5.74) is 3.90. The van der Waals surface area contributed by atoms with Crippen LogP contribution in [0.4, 0.5) is 11.6 Å². The molecular formula is C20H18N6O3. The number of fused-ring (bicyclic) bond motifs is 1. The van der Waals surface area contributed by atoms with E-state index in [2.05, 4.69) is 20.5 Å². The van der Waals surface area contributed by atoms with E-state index >= 15 is 0 Å². The first-order chi connectivity index (χ1) is 14.2. The summed E-state index contributed by atoms with van der Waals surface area (Å²) in [4.78, 5) is 16.2. The zero-order valence-corrected chi connectivity index (χ0v) is 15.6. The van der Waals surface area contributed by atoms with Crippen molar-refractivity contribution in [2.45, 2.75) is 6.04 Å². The Bertz CT molecular complexity index is 1180. The lowest BCUT2D eigenvalue weighted by Crippen LogP contribution is -2.30. The van der Waals surface area contributed by atoms with Gasteiger partial charge in [-0.15, -0.1) is 5.10 Å². The fraction of sp³-hybridized carbons (Fsp3) is 0.200. The van der Waals surface area contributed by atoms with Gasteiger partial charge in [-0.05, 0) is 36.4 Å². The van der Waals surface area contributed by atoms with E-state index in [1.54, 1.807) is 28.8 Å². The minimum Gasteiger partial charge on any atom is -0.465 e. The average molecular weight is 390 g/mol. The number of nitrogens with zero attached hydrogens (tertiary/aromatic N) is 5. The van der Waals surface area contributed by atoms with E-state index in [4.69, 9.17) is 9.47 Å². The second-order valence-electron chi connectivity index (χ2n) is 6.72. The van der Waals surface area contributed by atoms with Gasteiger partial charge in [0.15, 0.2) is 5.65 Å². The molecule has 3 aromatic heterocycles. The zero-order chi connectivity index (χ0) is 19.8. The van der Waals surface area contributed by atoms with Crippen molar-refractivity contribution in [3.8, 4) is 11.1 Å². The lowest BCUT2D eigenvalue weighted by atomic mass is 10.1. The predicted octanol–water partition coefficient (Wildman–Crippen LogP) is 2.69. The van der Waals surface area contributed by atoms with Crippen LogP contribution in [0.5, 0.6) is 0 Å². The average Bonchev–Trinajstić information content (AvgIpc) is 3.33. The standard InChI is InChI=1S/C20H18N6O3/c1-28-19(27)13-4-6-15(7-5-13)22-20-23-18-17(3-2-8-25(18)24-20)14-9-21-26(10-14)16-11-29-12-16/h2-10,16H,11-12H2,1H3,(H,22,24). The maximum Gasteiger partial charge on any atom is 0.337 e. The Kier molecular flexibility index (Phi) is 4.21. The smallest absolute Gasteiger partial charge is 0.337 e. The second-order valence-corrected chi connectivity index (χ2v) is 6.72. The number of ether oxygens (including phenoxy) is 2. The van der Waals surface area contributed by atoms with Crippen molar-refractivity contribution in [2.24, 2.45) is 0 Å². The fourth-order valence-electron chi connectivity index (χ4n) is 3.17. The van der Waals surface area contributed by atoms with Gasteiger partial charge in [0.1, 0.15) is 0 Å². The van der Waals surface area contributed by atoms with Gasteiger partial charge in [0.2, 0.25) is 5.95 Å². The molecule has 4 heterocycles. The number of aromatic nitrogens is 5. The Morgan fingerprint density at radius 1 is 1.24 bits per heavy atom. The minimum absolute atomic E-state index is 0.298. The number of anilines is 2. The van der Waals surface area contributed by atoms with Crippen LogP contribution in [0, 0.1) is 0 Å². The molecule has 0 atom stereocenters. The highest BCUT2D eigenvalue weighted by atomic mass is 16.5. The molecule has 1 aliphatic heterocycles. The minimum atomic E-state index is -0.374. The number of esters is 1. The van der Waals surface area contributed by atoms with Crippen LogP contribution in [0.15, 0.2) is 55.0 Å². The van der Waals surface area contributed by atoms with Crippen molar-refractivity contribution < 1.29 is 14.3 Å². The van der Waals surface area contributed by atoms with Crippen LogP contribution < -0.4 is 5.32 Å². The van der Waals surface area contributed by atoms with Crippen molar-refractivity contribution in [3.63, 3.8) is 0 Å². The van der Waals surface area contributed by atoms with Gasteiger partial charge in [0.25, 0.3) is 0 Å². The lowest BCUT2D eigenvalue weighted by Gasteiger charge is -2.25. The van der Waals surface area contributed by atoms with Crippen molar-refractivity contribution in [2.75, 3.05) is 25.6 Å². The van der Waals surface area contributed by atoms with Gasteiger partial charge in [-0.25, -0.2) is 9.31 Å². The fourth-order valence-corrected chi connectivity index (χ4v) is 3.17. The van der Waals surface area contributed by atoms with Crippen molar-refractivity contribution in [1.82, 2.24) is 24.4 Å². The van der Waals surface area contributed by atoms with E-state index in [1.165, 1.54) is 7.11 Å². The molecule has 1 N–H and O–H groups in total. The number of pyridine rings is 1. The molecule has 1 saturated heterocycles. The van der Waals surface area contributed by atoms with Crippen molar-refractivity contribution >= 4 is 23.3 Å². The Labute approximate surface area is 165 Å². The number of benzene rings is 1. The summed E-state index contributed by atoms with van der Waals surface area (Å²) in [6, 6.07) is 11.2. The topological polar surface area (TPSA) is 95.6 Å². The molecule has 0 spiro atoms. The lowest BCUT2D eigenvalue weighted by molar-refractivity contribution is -0.0286. The molecule has 29 heavy (non-hydrogen) atoms. The summed E-state index contributed by atoms with van der Waals surface area (Å²) < 4.78 is 13.6. The summed E-state index contributed by atoms with van der Waals surface area (Å²) in [5.74, 6) is 0.0871. The van der Waals surface area contributed by atoms with Gasteiger partial charge < -0.3 is 14.8 Å². The Balaban J connectivity index is 1.42. The quantitative estimate of drug-likeness (QED) is 0.524. The molecule has 0 amide bonds. The molecule has 1 aromatic carbocycles. The Morgan fingerprint density at radius 3 is 2.79 bits per heavy atom. The molecule has 0 unspecified atom stereocenters. The molecule has 5 rings (SSSR count). The molecule has 4 aromatic rings. The number of hydrogen-bond donors (Lipinski definition) is 1. The van der Waals surface area contributed by atoms with E-state index < -0.39 is 0 Å². The number of hydrogen-bond acceptors (Lipinski definition) is 7. The normalized spacial score (nSPS) is 14.0. The van der Waals surface area contributed by atoms with Crippen molar-refractivity contribution in [3.05, 3.63) is 60.6 Å². The first kappa shape index (κ1) is 17.4. The third-order valence-electron chi connectivity index (χ3n) is 4.83. The number of methoxy groups -OCH3 is 1. The summed E-state index contributed by atoms with van der Waals surface area (Å²) >= 11 is 0. The molecule has 1 fully saturated rings. The first-order valence-corrected chi connectivity index (χ1v) is 9.14. The molecular weight excluding hydrogens is 372 g/mol. The summed E-state index contributed by atoms with van der Waals surface area (Å²) in [5, 5.41) is 12.1. The molecule has 146 valence electrons. The number of rotatable bonds is 5. The highest BCUT2D eigenvalue weighted by Crippen LogP contribution is 2.26. The van der Waals surface area contributed by atoms with E-state index in [9.17, 15) is 4.79 Å². The first-order valence-electron chi connectivity index (χ1n) is 9.14. The van der Waals surface area contributed by atoms with Gasteiger partial charge in [0.05, 0.1) is 38.1 Å². The monoisotopic (exact) mass is 390 g/mol. The van der Waals surface area contributed by atoms with Crippen LogP contribution in [0.3, 0.4) is 0 Å². The summed E-state index contributed by atoms with van der Waals surface area (Å²) in [6.07, 6.45) is 5.69. The highest BCUT2D eigenvalue weighted by molar-refractivity contribution is 5.89. The van der Waals surface area contributed by atoms with Crippen LogP contribution in [-0.2, 0) is 9.47 Å². The number of carbonyl (C=O) groups is 1. The third kappa shape index (κ3) is 3.21. The van der Waals surface area contributed by atoms with E-state index in [1.807, 2.05) is 35.4 Å².